The number of halogens is 1. The Morgan fingerprint density at radius 2 is 1.76 bits per heavy atom. The number of fused-ring (bicyclic) bond motifs is 1. The molecule has 1 saturated heterocycles. The second-order valence-electron chi connectivity index (χ2n) is 9.01. The van der Waals surface area contributed by atoms with Crippen molar-refractivity contribution in [2.45, 2.75) is 58.2 Å². The van der Waals surface area contributed by atoms with Gasteiger partial charge in [-0.25, -0.2) is 4.98 Å². The lowest BCUT2D eigenvalue weighted by Gasteiger charge is -2.43. The number of Topliss-reactive ketones (excluding diaryl/α,β-unsaturated/α-hetero) is 2. The molecule has 0 N–H and O–H groups in total. The molecule has 0 aliphatic carbocycles. The van der Waals surface area contributed by atoms with E-state index in [0.717, 1.165) is 10.3 Å². The molecule has 0 saturated carbocycles. The van der Waals surface area contributed by atoms with Gasteiger partial charge in [-0.2, -0.15) is 0 Å². The quantitative estimate of drug-likeness (QED) is 0.403. The number of hydrogen-bond donors (Lipinski definition) is 0. The Morgan fingerprint density at radius 1 is 1.09 bits per heavy atom. The van der Waals surface area contributed by atoms with E-state index >= 15 is 0 Å². The summed E-state index contributed by atoms with van der Waals surface area (Å²) in [5, 5.41) is 0.826. The number of carbonyl (C=O) groups is 2. The van der Waals surface area contributed by atoms with Crippen LogP contribution in [0.1, 0.15) is 51.7 Å². The van der Waals surface area contributed by atoms with Crippen molar-refractivity contribution in [2.24, 2.45) is 0 Å². The number of hydrogen-bond acceptors (Lipinski definition) is 7. The Bertz CT molecular complexity index is 1240. The van der Waals surface area contributed by atoms with Crippen LogP contribution in [0.4, 0.5) is 0 Å². The molecular formula is C25H26ClNO5S. The Balaban J connectivity index is 1.75. The lowest BCUT2D eigenvalue weighted by atomic mass is 9.73. The standard InChI is InChI=1S/C25H26ClNO5S/c1-7-13-8-9-14(31-23-27-20-17(33-23)11-10-16(30-6)19(20)26)12-15(13)18-21(28)24(2,3)32-25(4,5)22(18)29/h8-12,18H,7H2,1-6H3. The Labute approximate surface area is 201 Å². The predicted octanol–water partition coefficient (Wildman–Crippen LogP) is 6.12. The molecule has 0 radical (unpaired) electrons. The number of benzene rings is 2. The molecule has 8 heteroatoms. The van der Waals surface area contributed by atoms with Gasteiger partial charge in [-0.1, -0.05) is 35.9 Å². The van der Waals surface area contributed by atoms with Gasteiger partial charge >= 0.3 is 0 Å². The van der Waals surface area contributed by atoms with Crippen molar-refractivity contribution in [3.05, 3.63) is 46.5 Å². The molecular weight excluding hydrogens is 462 g/mol. The summed E-state index contributed by atoms with van der Waals surface area (Å²) < 4.78 is 18.0. The Hall–Kier alpha value is -2.48. The zero-order valence-corrected chi connectivity index (χ0v) is 21.0. The summed E-state index contributed by atoms with van der Waals surface area (Å²) in [5.74, 6) is -0.393. The lowest BCUT2D eigenvalue weighted by molar-refractivity contribution is -0.184. The minimum absolute atomic E-state index is 0.252. The maximum Gasteiger partial charge on any atom is 0.279 e. The molecule has 1 fully saturated rings. The van der Waals surface area contributed by atoms with Crippen LogP contribution in [0.5, 0.6) is 16.7 Å². The second-order valence-corrected chi connectivity index (χ2v) is 10.4. The van der Waals surface area contributed by atoms with Crippen molar-refractivity contribution < 1.29 is 23.8 Å². The van der Waals surface area contributed by atoms with E-state index in [4.69, 9.17) is 25.8 Å². The summed E-state index contributed by atoms with van der Waals surface area (Å²) in [4.78, 5) is 31.1. The predicted molar refractivity (Wildman–Crippen MR) is 129 cm³/mol. The fourth-order valence-corrected chi connectivity index (χ4v) is 5.47. The van der Waals surface area contributed by atoms with Gasteiger partial charge in [-0.05, 0) is 69.5 Å². The highest BCUT2D eigenvalue weighted by atomic mass is 35.5. The lowest BCUT2D eigenvalue weighted by Crippen LogP contribution is -2.58. The summed E-state index contributed by atoms with van der Waals surface area (Å²) >= 11 is 7.74. The van der Waals surface area contributed by atoms with Gasteiger partial charge in [0.1, 0.15) is 39.2 Å². The third kappa shape index (κ3) is 4.14. The average molecular weight is 488 g/mol. The van der Waals surface area contributed by atoms with Gasteiger partial charge in [0, 0.05) is 0 Å². The maximum absolute atomic E-state index is 13.3. The van der Waals surface area contributed by atoms with Crippen molar-refractivity contribution >= 4 is 44.7 Å². The van der Waals surface area contributed by atoms with Gasteiger partial charge in [0.05, 0.1) is 11.8 Å². The molecule has 0 amide bonds. The molecule has 1 aromatic heterocycles. The first-order valence-corrected chi connectivity index (χ1v) is 11.9. The Morgan fingerprint density at radius 3 is 2.36 bits per heavy atom. The number of aromatic nitrogens is 1. The first-order chi connectivity index (χ1) is 15.5. The van der Waals surface area contributed by atoms with Crippen LogP contribution in [0.3, 0.4) is 0 Å². The molecule has 0 spiro atoms. The third-order valence-electron chi connectivity index (χ3n) is 5.90. The molecule has 0 bridgehead atoms. The van der Waals surface area contributed by atoms with Crippen molar-refractivity contribution in [3.63, 3.8) is 0 Å². The number of ether oxygens (including phenoxy) is 3. The molecule has 1 aliphatic heterocycles. The van der Waals surface area contributed by atoms with E-state index < -0.39 is 17.1 Å². The molecule has 4 rings (SSSR count). The number of rotatable bonds is 5. The smallest absolute Gasteiger partial charge is 0.279 e. The number of nitrogens with zero attached hydrogens (tertiary/aromatic N) is 1. The largest absolute Gasteiger partial charge is 0.495 e. The van der Waals surface area contributed by atoms with Crippen molar-refractivity contribution in [1.82, 2.24) is 4.98 Å². The normalized spacial score (nSPS) is 18.0. The zero-order chi connectivity index (χ0) is 24.1. The van der Waals surface area contributed by atoms with Crippen LogP contribution >= 0.6 is 22.9 Å². The highest BCUT2D eigenvalue weighted by Crippen LogP contribution is 2.42. The van der Waals surface area contributed by atoms with Crippen LogP contribution in [0, 0.1) is 0 Å². The number of ketones is 2. The molecule has 0 atom stereocenters. The molecule has 0 unspecified atom stereocenters. The summed E-state index contributed by atoms with van der Waals surface area (Å²) in [7, 11) is 1.55. The number of thiazole rings is 1. The van der Waals surface area contributed by atoms with Crippen LogP contribution in [0.15, 0.2) is 30.3 Å². The number of methoxy groups -OCH3 is 1. The van der Waals surface area contributed by atoms with E-state index in [0.29, 0.717) is 39.2 Å². The van der Waals surface area contributed by atoms with E-state index in [-0.39, 0.29) is 11.6 Å². The van der Waals surface area contributed by atoms with Gasteiger partial charge in [-0.3, -0.25) is 9.59 Å². The molecule has 1 aliphatic rings. The van der Waals surface area contributed by atoms with E-state index in [1.54, 1.807) is 46.9 Å². The topological polar surface area (TPSA) is 74.7 Å². The van der Waals surface area contributed by atoms with Gasteiger partial charge in [-0.15, -0.1) is 0 Å². The van der Waals surface area contributed by atoms with Crippen LogP contribution in [0.25, 0.3) is 10.2 Å². The maximum atomic E-state index is 13.3. The molecule has 2 aromatic carbocycles. The van der Waals surface area contributed by atoms with Crippen molar-refractivity contribution in [1.29, 1.82) is 0 Å². The van der Waals surface area contributed by atoms with Crippen LogP contribution < -0.4 is 9.47 Å². The van der Waals surface area contributed by atoms with Crippen molar-refractivity contribution in [3.8, 4) is 16.7 Å². The van der Waals surface area contributed by atoms with E-state index in [9.17, 15) is 9.59 Å². The molecule has 6 nitrogen and oxygen atoms in total. The monoisotopic (exact) mass is 487 g/mol. The molecule has 2 heterocycles. The fraction of sp³-hybridized carbons (Fsp3) is 0.400. The summed E-state index contributed by atoms with van der Waals surface area (Å²) in [5.41, 5.74) is 0.00846. The first kappa shape index (κ1) is 23.7. The average Bonchev–Trinajstić information content (AvgIpc) is 3.16. The fourth-order valence-electron chi connectivity index (χ4n) is 4.29. The van der Waals surface area contributed by atoms with Gasteiger partial charge < -0.3 is 14.2 Å². The Kier molecular flexibility index (Phi) is 6.01. The van der Waals surface area contributed by atoms with Crippen LogP contribution in [0.2, 0.25) is 5.02 Å². The van der Waals surface area contributed by atoms with E-state index in [1.807, 2.05) is 25.1 Å². The molecule has 3 aromatic rings. The highest BCUT2D eigenvalue weighted by molar-refractivity contribution is 7.20. The summed E-state index contributed by atoms with van der Waals surface area (Å²) in [6, 6.07) is 9.14. The highest BCUT2D eigenvalue weighted by Gasteiger charge is 2.53. The first-order valence-electron chi connectivity index (χ1n) is 10.7. The van der Waals surface area contributed by atoms with Gasteiger partial charge in [0.15, 0.2) is 11.6 Å². The van der Waals surface area contributed by atoms with E-state index in [2.05, 4.69) is 4.98 Å². The summed E-state index contributed by atoms with van der Waals surface area (Å²) in [6.07, 6.45) is 0.672. The van der Waals surface area contributed by atoms with Crippen LogP contribution in [-0.2, 0) is 20.7 Å². The van der Waals surface area contributed by atoms with E-state index in [1.165, 1.54) is 11.3 Å². The van der Waals surface area contributed by atoms with Crippen molar-refractivity contribution in [2.75, 3.05) is 7.11 Å². The molecule has 174 valence electrons. The zero-order valence-electron chi connectivity index (χ0n) is 19.4. The number of aryl methyl sites for hydroxylation is 1. The minimum atomic E-state index is -1.08. The third-order valence-corrected chi connectivity index (χ3v) is 7.16. The van der Waals surface area contributed by atoms with Crippen LogP contribution in [-0.4, -0.2) is 34.9 Å². The summed E-state index contributed by atoms with van der Waals surface area (Å²) in [6.45, 7) is 8.83. The van der Waals surface area contributed by atoms with Gasteiger partial charge in [0.2, 0.25) is 0 Å². The second kappa shape index (κ2) is 8.38. The minimum Gasteiger partial charge on any atom is -0.495 e. The SMILES string of the molecule is CCc1ccc(Oc2nc3c(Cl)c(OC)ccc3s2)cc1C1C(=O)C(C)(C)OC(C)(C)C1=O. The molecule has 33 heavy (non-hydrogen) atoms. The number of carbonyl (C=O) groups excluding carboxylic acids is 2. The van der Waals surface area contributed by atoms with Gasteiger partial charge in [0.25, 0.3) is 5.19 Å².